The molecule has 17 heavy (non-hydrogen) atoms. The minimum atomic E-state index is -0.445. The van der Waals surface area contributed by atoms with Gasteiger partial charge in [0.1, 0.15) is 0 Å². The molecule has 5 nitrogen and oxygen atoms in total. The predicted molar refractivity (Wildman–Crippen MR) is 64.6 cm³/mol. The van der Waals surface area contributed by atoms with Crippen LogP contribution in [0.3, 0.4) is 0 Å². The normalized spacial score (nSPS) is 12.6. The van der Waals surface area contributed by atoms with E-state index in [4.69, 9.17) is 0 Å². The van der Waals surface area contributed by atoms with E-state index in [0.29, 0.717) is 11.6 Å². The van der Waals surface area contributed by atoms with Crippen LogP contribution in [0.15, 0.2) is 34.3 Å². The summed E-state index contributed by atoms with van der Waals surface area (Å²) >= 11 is 1.46. The Balaban J connectivity index is 2.30. The van der Waals surface area contributed by atoms with Gasteiger partial charge in [0, 0.05) is 11.9 Å². The molecule has 0 aliphatic heterocycles. The van der Waals surface area contributed by atoms with Crippen molar-refractivity contribution >= 4 is 11.8 Å². The van der Waals surface area contributed by atoms with E-state index in [1.54, 1.807) is 11.7 Å². The topological polar surface area (TPSA) is 63.8 Å². The van der Waals surface area contributed by atoms with Gasteiger partial charge in [-0.05, 0) is 40.2 Å². The first kappa shape index (κ1) is 12.1. The van der Waals surface area contributed by atoms with Gasteiger partial charge in [-0.2, -0.15) is 0 Å². The van der Waals surface area contributed by atoms with Crippen LogP contribution in [-0.2, 0) is 7.05 Å². The van der Waals surface area contributed by atoms with E-state index in [9.17, 15) is 5.11 Å². The Labute approximate surface area is 104 Å². The van der Waals surface area contributed by atoms with Crippen LogP contribution in [0.2, 0.25) is 0 Å². The molecule has 1 N–H and O–H groups in total. The number of aliphatic hydroxyl groups excluding tert-OH is 1. The van der Waals surface area contributed by atoms with Crippen molar-refractivity contribution in [2.45, 2.75) is 29.5 Å². The van der Waals surface area contributed by atoms with Crippen molar-refractivity contribution in [1.82, 2.24) is 20.2 Å². The summed E-state index contributed by atoms with van der Waals surface area (Å²) < 4.78 is 1.61. The number of aryl methyl sites for hydroxylation is 1. The number of nitrogens with zero attached hydrogens (tertiary/aromatic N) is 4. The lowest BCUT2D eigenvalue weighted by Gasteiger charge is -2.12. The lowest BCUT2D eigenvalue weighted by molar-refractivity contribution is 0.171. The summed E-state index contributed by atoms with van der Waals surface area (Å²) in [6.07, 6.45) is 0.245. The second-order valence-corrected chi connectivity index (χ2v) is 4.66. The van der Waals surface area contributed by atoms with Gasteiger partial charge in [-0.25, -0.2) is 4.68 Å². The molecule has 0 amide bonds. The Morgan fingerprint density at radius 1 is 1.41 bits per heavy atom. The summed E-state index contributed by atoms with van der Waals surface area (Å²) in [7, 11) is 1.79. The van der Waals surface area contributed by atoms with Gasteiger partial charge >= 0.3 is 0 Å². The number of aliphatic hydroxyl groups is 1. The van der Waals surface area contributed by atoms with E-state index >= 15 is 0 Å². The number of rotatable bonds is 4. The molecular weight excluding hydrogens is 236 g/mol. The molecule has 1 aromatic heterocycles. The summed E-state index contributed by atoms with van der Waals surface area (Å²) in [5.74, 6) is 0. The largest absolute Gasteiger partial charge is 0.388 e. The molecule has 0 saturated heterocycles. The van der Waals surface area contributed by atoms with Gasteiger partial charge in [0.05, 0.1) is 6.10 Å². The minimum absolute atomic E-state index is 0.445. The van der Waals surface area contributed by atoms with Gasteiger partial charge in [-0.3, -0.25) is 0 Å². The van der Waals surface area contributed by atoms with Crippen LogP contribution in [0.5, 0.6) is 0 Å². The zero-order valence-corrected chi connectivity index (χ0v) is 10.6. The standard InChI is InChI=1S/C11H14N4OS/c1-3-9(16)8-6-4-5-7-10(8)17-11-12-13-14-15(11)2/h4-7,9,16H,3H2,1-2H3/t9-/m0/s1. The van der Waals surface area contributed by atoms with E-state index in [2.05, 4.69) is 15.5 Å². The quantitative estimate of drug-likeness (QED) is 0.896. The second-order valence-electron chi connectivity index (χ2n) is 3.65. The first-order valence-electron chi connectivity index (χ1n) is 5.39. The summed E-state index contributed by atoms with van der Waals surface area (Å²) in [6.45, 7) is 1.95. The Hall–Kier alpha value is -1.40. The molecule has 6 heteroatoms. The van der Waals surface area contributed by atoms with Crippen LogP contribution in [-0.4, -0.2) is 25.3 Å². The highest BCUT2D eigenvalue weighted by Gasteiger charge is 2.13. The SMILES string of the molecule is CC[C@H](O)c1ccccc1Sc1nnnn1C. The van der Waals surface area contributed by atoms with Crippen LogP contribution in [0.4, 0.5) is 0 Å². The molecule has 90 valence electrons. The summed E-state index contributed by atoms with van der Waals surface area (Å²) in [4.78, 5) is 0.986. The van der Waals surface area contributed by atoms with Gasteiger partial charge in [-0.1, -0.05) is 25.1 Å². The highest BCUT2D eigenvalue weighted by atomic mass is 32.2. The number of aromatic nitrogens is 4. The fourth-order valence-corrected chi connectivity index (χ4v) is 2.39. The van der Waals surface area contributed by atoms with Gasteiger partial charge < -0.3 is 5.11 Å². The monoisotopic (exact) mass is 250 g/mol. The van der Waals surface area contributed by atoms with E-state index in [0.717, 1.165) is 10.5 Å². The molecular formula is C11H14N4OS. The first-order valence-corrected chi connectivity index (χ1v) is 6.21. The van der Waals surface area contributed by atoms with Crippen molar-refractivity contribution in [2.24, 2.45) is 7.05 Å². The Kier molecular flexibility index (Phi) is 3.75. The van der Waals surface area contributed by atoms with Crippen molar-refractivity contribution in [3.63, 3.8) is 0 Å². The number of tetrazole rings is 1. The molecule has 0 spiro atoms. The maximum atomic E-state index is 9.94. The van der Waals surface area contributed by atoms with Crippen molar-refractivity contribution < 1.29 is 5.11 Å². The van der Waals surface area contributed by atoms with Crippen LogP contribution < -0.4 is 0 Å². The van der Waals surface area contributed by atoms with E-state index < -0.39 is 6.10 Å². The highest BCUT2D eigenvalue weighted by Crippen LogP contribution is 2.32. The lowest BCUT2D eigenvalue weighted by Crippen LogP contribution is -1.98. The molecule has 0 unspecified atom stereocenters. The van der Waals surface area contributed by atoms with Gasteiger partial charge in [0.25, 0.3) is 0 Å². The molecule has 0 aliphatic carbocycles. The molecule has 0 radical (unpaired) electrons. The van der Waals surface area contributed by atoms with Crippen molar-refractivity contribution in [3.8, 4) is 0 Å². The maximum absolute atomic E-state index is 9.94. The smallest absolute Gasteiger partial charge is 0.213 e. The highest BCUT2D eigenvalue weighted by molar-refractivity contribution is 7.99. The Bertz CT molecular complexity index is 500. The average Bonchev–Trinajstić information content (AvgIpc) is 2.75. The fourth-order valence-electron chi connectivity index (χ4n) is 1.47. The molecule has 2 rings (SSSR count). The first-order chi connectivity index (χ1) is 8.22. The molecule has 1 atom stereocenters. The average molecular weight is 250 g/mol. The molecule has 0 fully saturated rings. The van der Waals surface area contributed by atoms with Crippen molar-refractivity contribution in [3.05, 3.63) is 29.8 Å². The maximum Gasteiger partial charge on any atom is 0.213 e. The number of hydrogen-bond acceptors (Lipinski definition) is 5. The third kappa shape index (κ3) is 2.65. The fraction of sp³-hybridized carbons (Fsp3) is 0.364. The summed E-state index contributed by atoms with van der Waals surface area (Å²) in [6, 6.07) is 7.76. The predicted octanol–water partition coefficient (Wildman–Crippen LogP) is 1.80. The molecule has 0 bridgehead atoms. The van der Waals surface area contributed by atoms with Crippen LogP contribution in [0.1, 0.15) is 25.0 Å². The molecule has 2 aromatic rings. The van der Waals surface area contributed by atoms with Gasteiger partial charge in [0.2, 0.25) is 5.16 Å². The van der Waals surface area contributed by atoms with Crippen molar-refractivity contribution in [1.29, 1.82) is 0 Å². The summed E-state index contributed by atoms with van der Waals surface area (Å²) in [5.41, 5.74) is 0.919. The van der Waals surface area contributed by atoms with Crippen molar-refractivity contribution in [2.75, 3.05) is 0 Å². The van der Waals surface area contributed by atoms with E-state index in [1.807, 2.05) is 31.2 Å². The number of hydrogen-bond donors (Lipinski definition) is 1. The third-order valence-electron chi connectivity index (χ3n) is 2.45. The Morgan fingerprint density at radius 2 is 2.18 bits per heavy atom. The third-order valence-corrected chi connectivity index (χ3v) is 3.57. The summed E-state index contributed by atoms with van der Waals surface area (Å²) in [5, 5.41) is 21.9. The number of benzene rings is 1. The van der Waals surface area contributed by atoms with Gasteiger partial charge in [-0.15, -0.1) is 5.10 Å². The van der Waals surface area contributed by atoms with E-state index in [-0.39, 0.29) is 0 Å². The molecule has 1 heterocycles. The second kappa shape index (κ2) is 5.29. The zero-order valence-electron chi connectivity index (χ0n) is 9.74. The lowest BCUT2D eigenvalue weighted by atomic mass is 10.1. The van der Waals surface area contributed by atoms with Crippen LogP contribution in [0.25, 0.3) is 0 Å². The minimum Gasteiger partial charge on any atom is -0.388 e. The molecule has 0 aliphatic rings. The van der Waals surface area contributed by atoms with Crippen LogP contribution >= 0.6 is 11.8 Å². The molecule has 1 aromatic carbocycles. The van der Waals surface area contributed by atoms with E-state index in [1.165, 1.54) is 11.8 Å². The van der Waals surface area contributed by atoms with Crippen LogP contribution in [0, 0.1) is 0 Å². The Morgan fingerprint density at radius 3 is 2.82 bits per heavy atom. The zero-order chi connectivity index (χ0) is 12.3. The molecule has 0 saturated carbocycles. The van der Waals surface area contributed by atoms with Gasteiger partial charge in [0.15, 0.2) is 0 Å².